The van der Waals surface area contributed by atoms with Gasteiger partial charge in [-0.25, -0.2) is 9.38 Å². The van der Waals surface area contributed by atoms with Crippen LogP contribution in [0.25, 0.3) is 0 Å². The topological polar surface area (TPSA) is 73.6 Å². The lowest BCUT2D eigenvalue weighted by molar-refractivity contribution is 0.365. The molecule has 0 aromatic heterocycles. The van der Waals surface area contributed by atoms with Gasteiger partial charge in [-0.05, 0) is 38.1 Å². The van der Waals surface area contributed by atoms with Crippen LogP contribution >= 0.6 is 0 Å². The van der Waals surface area contributed by atoms with Gasteiger partial charge in [0.1, 0.15) is 17.1 Å². The Morgan fingerprint density at radius 1 is 1.35 bits per heavy atom. The summed E-state index contributed by atoms with van der Waals surface area (Å²) in [5.74, 6) is 0.214. The highest BCUT2D eigenvalue weighted by molar-refractivity contribution is 5.74. The zero-order valence-electron chi connectivity index (χ0n) is 9.70. The van der Waals surface area contributed by atoms with Crippen molar-refractivity contribution in [2.45, 2.75) is 19.4 Å². The molecule has 0 bridgehead atoms. The predicted molar refractivity (Wildman–Crippen MR) is 64.6 cm³/mol. The number of benzene rings is 1. The fraction of sp³-hybridized carbons (Fsp3) is 0.250. The molecule has 0 saturated heterocycles. The number of anilines is 1. The second kappa shape index (κ2) is 3.76. The van der Waals surface area contributed by atoms with E-state index < -0.39 is 5.54 Å². The van der Waals surface area contributed by atoms with Gasteiger partial charge in [0.2, 0.25) is 0 Å². The first kappa shape index (κ1) is 11.4. The molecule has 4 N–H and O–H groups in total. The Bertz CT molecular complexity index is 504. The molecule has 0 unspecified atom stereocenters. The molecule has 0 saturated carbocycles. The molecule has 17 heavy (non-hydrogen) atoms. The fourth-order valence-corrected chi connectivity index (χ4v) is 1.94. The predicted octanol–water partition coefficient (Wildman–Crippen LogP) is 1.87. The quantitative estimate of drug-likeness (QED) is 0.730. The third kappa shape index (κ3) is 2.08. The maximum Gasteiger partial charge on any atom is 0.288 e. The molecule has 90 valence electrons. The Labute approximate surface area is 98.8 Å². The van der Waals surface area contributed by atoms with Crippen molar-refractivity contribution in [2.75, 3.05) is 5.73 Å². The molecule has 4 nitrogen and oxygen atoms in total. The number of ether oxygens (including phenoxy) is 1. The van der Waals surface area contributed by atoms with Crippen LogP contribution < -0.4 is 11.5 Å². The minimum Gasteiger partial charge on any atom is -0.431 e. The zero-order chi connectivity index (χ0) is 12.6. The maximum atomic E-state index is 13.8. The summed E-state index contributed by atoms with van der Waals surface area (Å²) in [6, 6.07) is 4.40. The smallest absolute Gasteiger partial charge is 0.288 e. The van der Waals surface area contributed by atoms with Crippen molar-refractivity contribution in [3.05, 3.63) is 41.4 Å². The highest BCUT2D eigenvalue weighted by Crippen LogP contribution is 2.34. The maximum absolute atomic E-state index is 13.8. The molecular formula is C12H14FN3O. The number of amidine groups is 1. The van der Waals surface area contributed by atoms with Crippen molar-refractivity contribution in [1.29, 1.82) is 0 Å². The molecule has 1 atom stereocenters. The highest BCUT2D eigenvalue weighted by atomic mass is 19.1. The first-order chi connectivity index (χ1) is 7.90. The van der Waals surface area contributed by atoms with Gasteiger partial charge < -0.3 is 16.2 Å². The molecule has 0 fully saturated rings. The van der Waals surface area contributed by atoms with E-state index in [0.29, 0.717) is 17.0 Å². The Morgan fingerprint density at radius 3 is 2.71 bits per heavy atom. The molecule has 1 aromatic rings. The summed E-state index contributed by atoms with van der Waals surface area (Å²) in [4.78, 5) is 4.14. The van der Waals surface area contributed by atoms with Crippen molar-refractivity contribution in [3.63, 3.8) is 0 Å². The zero-order valence-corrected chi connectivity index (χ0v) is 9.70. The van der Waals surface area contributed by atoms with Gasteiger partial charge >= 0.3 is 0 Å². The Kier molecular flexibility index (Phi) is 2.53. The normalized spacial score (nSPS) is 23.7. The van der Waals surface area contributed by atoms with Crippen molar-refractivity contribution in [1.82, 2.24) is 0 Å². The minimum absolute atomic E-state index is 0.0225. The van der Waals surface area contributed by atoms with E-state index in [0.717, 1.165) is 0 Å². The first-order valence-corrected chi connectivity index (χ1v) is 5.19. The van der Waals surface area contributed by atoms with Gasteiger partial charge in [0, 0.05) is 11.3 Å². The van der Waals surface area contributed by atoms with Gasteiger partial charge in [0.05, 0.1) is 0 Å². The van der Waals surface area contributed by atoms with Crippen LogP contribution in [0.5, 0.6) is 0 Å². The summed E-state index contributed by atoms with van der Waals surface area (Å²) in [5, 5.41) is 0. The number of hydrogen-bond acceptors (Lipinski definition) is 4. The SMILES string of the molecule is CC1=C[C@@](C)(c2cc(N)ccc2F)N=C(N)O1. The van der Waals surface area contributed by atoms with E-state index >= 15 is 0 Å². The lowest BCUT2D eigenvalue weighted by Crippen LogP contribution is -2.30. The third-order valence-electron chi connectivity index (χ3n) is 2.63. The average molecular weight is 235 g/mol. The number of rotatable bonds is 1. The summed E-state index contributed by atoms with van der Waals surface area (Å²) >= 11 is 0. The molecule has 2 rings (SSSR count). The Balaban J connectivity index is 2.58. The molecule has 1 heterocycles. The molecule has 0 amide bonds. The summed E-state index contributed by atoms with van der Waals surface area (Å²) in [6.07, 6.45) is 1.71. The third-order valence-corrected chi connectivity index (χ3v) is 2.63. The first-order valence-electron chi connectivity index (χ1n) is 5.19. The van der Waals surface area contributed by atoms with E-state index in [-0.39, 0.29) is 11.8 Å². The van der Waals surface area contributed by atoms with E-state index in [1.807, 2.05) is 0 Å². The largest absolute Gasteiger partial charge is 0.431 e. The molecule has 0 spiro atoms. The second-order valence-corrected chi connectivity index (χ2v) is 4.19. The van der Waals surface area contributed by atoms with Gasteiger partial charge in [-0.2, -0.15) is 0 Å². The Hall–Kier alpha value is -2.04. The molecule has 0 aliphatic carbocycles. The number of halogens is 1. The second-order valence-electron chi connectivity index (χ2n) is 4.19. The van der Waals surface area contributed by atoms with Crippen LogP contribution in [0.3, 0.4) is 0 Å². The van der Waals surface area contributed by atoms with Crippen LogP contribution in [-0.4, -0.2) is 6.02 Å². The van der Waals surface area contributed by atoms with E-state index in [2.05, 4.69) is 4.99 Å². The number of nitrogen functional groups attached to an aromatic ring is 1. The van der Waals surface area contributed by atoms with Gasteiger partial charge in [-0.1, -0.05) is 0 Å². The van der Waals surface area contributed by atoms with Crippen molar-refractivity contribution < 1.29 is 9.13 Å². The van der Waals surface area contributed by atoms with Crippen LogP contribution in [0.2, 0.25) is 0 Å². The Morgan fingerprint density at radius 2 is 2.06 bits per heavy atom. The number of aliphatic imine (C=N–C) groups is 1. The van der Waals surface area contributed by atoms with Crippen LogP contribution in [0.1, 0.15) is 19.4 Å². The molecule has 1 aliphatic heterocycles. The van der Waals surface area contributed by atoms with E-state index in [1.165, 1.54) is 12.1 Å². The monoisotopic (exact) mass is 235 g/mol. The van der Waals surface area contributed by atoms with Crippen molar-refractivity contribution >= 4 is 11.7 Å². The van der Waals surface area contributed by atoms with E-state index in [4.69, 9.17) is 16.2 Å². The van der Waals surface area contributed by atoms with Gasteiger partial charge in [0.25, 0.3) is 6.02 Å². The average Bonchev–Trinajstić information content (AvgIpc) is 2.19. The number of nitrogens with two attached hydrogens (primary N) is 2. The van der Waals surface area contributed by atoms with Crippen LogP contribution in [0, 0.1) is 5.82 Å². The van der Waals surface area contributed by atoms with Crippen LogP contribution in [0.15, 0.2) is 35.0 Å². The van der Waals surface area contributed by atoms with Gasteiger partial charge in [0.15, 0.2) is 0 Å². The number of hydrogen-bond donors (Lipinski definition) is 2. The fourth-order valence-electron chi connectivity index (χ4n) is 1.94. The molecule has 5 heteroatoms. The van der Waals surface area contributed by atoms with Gasteiger partial charge in [-0.15, -0.1) is 0 Å². The van der Waals surface area contributed by atoms with Crippen molar-refractivity contribution in [3.8, 4) is 0 Å². The molecule has 1 aliphatic rings. The van der Waals surface area contributed by atoms with E-state index in [1.54, 1.807) is 26.0 Å². The lowest BCUT2D eigenvalue weighted by Gasteiger charge is -2.27. The van der Waals surface area contributed by atoms with Crippen LogP contribution in [0.4, 0.5) is 10.1 Å². The number of allylic oxidation sites excluding steroid dienone is 1. The molecule has 0 radical (unpaired) electrons. The standard InChI is InChI=1S/C12H14FN3O/c1-7-6-12(2,16-11(15)17-7)9-5-8(14)3-4-10(9)13/h3-6H,14H2,1-2H3,(H2,15,16)/t12-/m0/s1. The minimum atomic E-state index is -0.883. The summed E-state index contributed by atoms with van der Waals surface area (Å²) in [5.41, 5.74) is 11.2. The molecular weight excluding hydrogens is 221 g/mol. The van der Waals surface area contributed by atoms with E-state index in [9.17, 15) is 4.39 Å². The summed E-state index contributed by atoms with van der Waals surface area (Å²) in [7, 11) is 0. The molecule has 1 aromatic carbocycles. The lowest BCUT2D eigenvalue weighted by atomic mass is 9.90. The van der Waals surface area contributed by atoms with Gasteiger partial charge in [-0.3, -0.25) is 0 Å². The highest BCUT2D eigenvalue weighted by Gasteiger charge is 2.31. The van der Waals surface area contributed by atoms with Crippen molar-refractivity contribution in [2.24, 2.45) is 10.7 Å². The summed E-state index contributed by atoms with van der Waals surface area (Å²) < 4.78 is 18.9. The number of nitrogens with zero attached hydrogens (tertiary/aromatic N) is 1. The summed E-state index contributed by atoms with van der Waals surface area (Å²) in [6.45, 7) is 3.49. The van der Waals surface area contributed by atoms with Crippen LogP contribution in [-0.2, 0) is 10.3 Å².